The highest BCUT2D eigenvalue weighted by Crippen LogP contribution is 2.17. The van der Waals surface area contributed by atoms with E-state index in [9.17, 15) is 0 Å². The molecule has 0 bridgehead atoms. The highest BCUT2D eigenvalue weighted by Gasteiger charge is 2.01. The van der Waals surface area contributed by atoms with Gasteiger partial charge in [-0.25, -0.2) is 0 Å². The molecule has 0 saturated heterocycles. The minimum atomic E-state index is 0.308. The van der Waals surface area contributed by atoms with Crippen LogP contribution in [0.25, 0.3) is 0 Å². The van der Waals surface area contributed by atoms with Gasteiger partial charge in [0.2, 0.25) is 0 Å². The molecule has 3 nitrogen and oxygen atoms in total. The molecular weight excluding hydrogens is 250 g/mol. The van der Waals surface area contributed by atoms with Crippen molar-refractivity contribution in [1.29, 1.82) is 0 Å². The SMILES string of the molecule is C#CCOc1ccccc1CNCCCOCCCC. The van der Waals surface area contributed by atoms with Crippen molar-refractivity contribution in [3.8, 4) is 18.1 Å². The van der Waals surface area contributed by atoms with Crippen LogP contribution in [0.3, 0.4) is 0 Å². The quantitative estimate of drug-likeness (QED) is 0.497. The molecule has 1 N–H and O–H groups in total. The summed E-state index contributed by atoms with van der Waals surface area (Å²) in [6, 6.07) is 7.96. The molecule has 0 aliphatic rings. The maximum atomic E-state index is 5.52. The monoisotopic (exact) mass is 275 g/mol. The Morgan fingerprint density at radius 3 is 2.80 bits per heavy atom. The fourth-order valence-corrected chi connectivity index (χ4v) is 1.78. The van der Waals surface area contributed by atoms with Crippen molar-refractivity contribution in [2.24, 2.45) is 0 Å². The number of rotatable bonds is 11. The first-order valence-electron chi connectivity index (χ1n) is 7.31. The third-order valence-electron chi connectivity index (χ3n) is 2.88. The van der Waals surface area contributed by atoms with Crippen molar-refractivity contribution in [2.75, 3.05) is 26.4 Å². The summed E-state index contributed by atoms with van der Waals surface area (Å²) in [5.74, 6) is 3.34. The van der Waals surface area contributed by atoms with Crippen LogP contribution < -0.4 is 10.1 Å². The Bertz CT molecular complexity index is 398. The topological polar surface area (TPSA) is 30.5 Å². The number of nitrogens with one attached hydrogen (secondary N) is 1. The largest absolute Gasteiger partial charge is 0.481 e. The molecule has 0 heterocycles. The Kier molecular flexibility index (Phi) is 9.38. The normalized spacial score (nSPS) is 10.2. The van der Waals surface area contributed by atoms with Crippen molar-refractivity contribution in [2.45, 2.75) is 32.7 Å². The zero-order valence-corrected chi connectivity index (χ0v) is 12.4. The van der Waals surface area contributed by atoms with Gasteiger partial charge in [0.1, 0.15) is 12.4 Å². The average molecular weight is 275 g/mol. The van der Waals surface area contributed by atoms with Crippen LogP contribution in [-0.4, -0.2) is 26.4 Å². The highest BCUT2D eigenvalue weighted by atomic mass is 16.5. The van der Waals surface area contributed by atoms with E-state index in [1.54, 1.807) is 0 Å². The molecule has 0 saturated carbocycles. The molecule has 1 aromatic carbocycles. The van der Waals surface area contributed by atoms with Gasteiger partial charge in [-0.3, -0.25) is 0 Å². The standard InChI is InChI=1S/C17H25NO2/c1-3-5-13-19-14-8-11-18-15-16-9-6-7-10-17(16)20-12-4-2/h2,6-7,9-10,18H,3,5,8,11-15H2,1H3. The molecule has 20 heavy (non-hydrogen) atoms. The lowest BCUT2D eigenvalue weighted by Crippen LogP contribution is -2.17. The van der Waals surface area contributed by atoms with E-state index < -0.39 is 0 Å². The van der Waals surface area contributed by atoms with Crippen molar-refractivity contribution in [3.63, 3.8) is 0 Å². The fraction of sp³-hybridized carbons (Fsp3) is 0.529. The van der Waals surface area contributed by atoms with Crippen molar-refractivity contribution < 1.29 is 9.47 Å². The molecule has 1 rings (SSSR count). The Labute approximate surface area is 122 Å². The minimum absolute atomic E-state index is 0.308. The molecular formula is C17H25NO2. The molecule has 0 radical (unpaired) electrons. The van der Waals surface area contributed by atoms with Gasteiger partial charge in [-0.1, -0.05) is 37.5 Å². The van der Waals surface area contributed by atoms with Gasteiger partial charge in [0.15, 0.2) is 0 Å². The predicted octanol–water partition coefficient (Wildman–Crippen LogP) is 3.00. The molecule has 0 aliphatic carbocycles. The lowest BCUT2D eigenvalue weighted by molar-refractivity contribution is 0.128. The first kappa shape index (κ1) is 16.6. The lowest BCUT2D eigenvalue weighted by atomic mass is 10.2. The molecule has 0 atom stereocenters. The van der Waals surface area contributed by atoms with E-state index in [2.05, 4.69) is 24.2 Å². The molecule has 0 aliphatic heterocycles. The molecule has 3 heteroatoms. The van der Waals surface area contributed by atoms with Gasteiger partial charge >= 0.3 is 0 Å². The smallest absolute Gasteiger partial charge is 0.148 e. The minimum Gasteiger partial charge on any atom is -0.481 e. The summed E-state index contributed by atoms with van der Waals surface area (Å²) in [4.78, 5) is 0. The van der Waals surface area contributed by atoms with Gasteiger partial charge < -0.3 is 14.8 Å². The zero-order valence-electron chi connectivity index (χ0n) is 12.4. The third-order valence-corrected chi connectivity index (χ3v) is 2.88. The maximum Gasteiger partial charge on any atom is 0.148 e. The first-order chi connectivity index (χ1) is 9.88. The number of para-hydroxylation sites is 1. The summed E-state index contributed by atoms with van der Waals surface area (Å²) < 4.78 is 11.0. The van der Waals surface area contributed by atoms with Gasteiger partial charge in [-0.15, -0.1) is 6.42 Å². The molecule has 0 amide bonds. The van der Waals surface area contributed by atoms with Gasteiger partial charge in [-0.2, -0.15) is 0 Å². The summed E-state index contributed by atoms with van der Waals surface area (Å²) in [5.41, 5.74) is 1.13. The second-order valence-electron chi connectivity index (χ2n) is 4.60. The van der Waals surface area contributed by atoms with E-state index in [1.807, 2.05) is 18.2 Å². The number of terminal acetylenes is 1. The van der Waals surface area contributed by atoms with Gasteiger partial charge in [0, 0.05) is 25.3 Å². The molecule has 1 aromatic rings. The van der Waals surface area contributed by atoms with Gasteiger partial charge in [0.25, 0.3) is 0 Å². The van der Waals surface area contributed by atoms with E-state index in [0.29, 0.717) is 6.61 Å². The number of benzene rings is 1. The Balaban J connectivity index is 2.17. The summed E-state index contributed by atoms with van der Waals surface area (Å²) in [7, 11) is 0. The van der Waals surface area contributed by atoms with Crippen LogP contribution >= 0.6 is 0 Å². The van der Waals surface area contributed by atoms with Crippen LogP contribution in [-0.2, 0) is 11.3 Å². The zero-order chi connectivity index (χ0) is 14.5. The third kappa shape index (κ3) is 7.18. The van der Waals surface area contributed by atoms with Crippen LogP contribution in [0.2, 0.25) is 0 Å². The van der Waals surface area contributed by atoms with Crippen LogP contribution in [0, 0.1) is 12.3 Å². The predicted molar refractivity (Wildman–Crippen MR) is 82.8 cm³/mol. The second kappa shape index (κ2) is 11.3. The van der Waals surface area contributed by atoms with E-state index in [0.717, 1.165) is 50.5 Å². The number of unbranched alkanes of at least 4 members (excludes halogenated alkanes) is 1. The number of ether oxygens (including phenoxy) is 2. The summed E-state index contributed by atoms with van der Waals surface area (Å²) in [5, 5.41) is 3.40. The maximum absolute atomic E-state index is 5.52. The number of hydrogen-bond donors (Lipinski definition) is 1. The number of hydrogen-bond acceptors (Lipinski definition) is 3. The summed E-state index contributed by atoms with van der Waals surface area (Å²) in [6.45, 7) is 5.90. The van der Waals surface area contributed by atoms with Crippen LogP contribution in [0.15, 0.2) is 24.3 Å². The molecule has 0 spiro atoms. The Morgan fingerprint density at radius 1 is 1.20 bits per heavy atom. The molecule has 110 valence electrons. The fourth-order valence-electron chi connectivity index (χ4n) is 1.78. The van der Waals surface area contributed by atoms with Gasteiger partial charge in [-0.05, 0) is 25.5 Å². The van der Waals surface area contributed by atoms with E-state index in [4.69, 9.17) is 15.9 Å². The second-order valence-corrected chi connectivity index (χ2v) is 4.60. The Hall–Kier alpha value is -1.50. The first-order valence-corrected chi connectivity index (χ1v) is 7.31. The Morgan fingerprint density at radius 2 is 2.00 bits per heavy atom. The van der Waals surface area contributed by atoms with Crippen LogP contribution in [0.1, 0.15) is 31.7 Å². The van der Waals surface area contributed by atoms with Crippen molar-refractivity contribution in [3.05, 3.63) is 29.8 Å². The average Bonchev–Trinajstić information content (AvgIpc) is 2.49. The van der Waals surface area contributed by atoms with Crippen LogP contribution in [0.5, 0.6) is 5.75 Å². The van der Waals surface area contributed by atoms with Gasteiger partial charge in [0.05, 0.1) is 0 Å². The summed E-state index contributed by atoms with van der Waals surface area (Å²) in [6.07, 6.45) is 8.57. The molecule has 0 fully saturated rings. The molecule has 0 aromatic heterocycles. The van der Waals surface area contributed by atoms with Crippen LogP contribution in [0.4, 0.5) is 0 Å². The molecule has 0 unspecified atom stereocenters. The van der Waals surface area contributed by atoms with Crippen molar-refractivity contribution >= 4 is 0 Å². The van der Waals surface area contributed by atoms with E-state index in [-0.39, 0.29) is 0 Å². The summed E-state index contributed by atoms with van der Waals surface area (Å²) >= 11 is 0. The van der Waals surface area contributed by atoms with E-state index >= 15 is 0 Å². The lowest BCUT2D eigenvalue weighted by Gasteiger charge is -2.10. The van der Waals surface area contributed by atoms with E-state index in [1.165, 1.54) is 6.42 Å². The van der Waals surface area contributed by atoms with Crippen molar-refractivity contribution in [1.82, 2.24) is 5.32 Å². The highest BCUT2D eigenvalue weighted by molar-refractivity contribution is 5.33.